The number of alkyl halides is 3. The summed E-state index contributed by atoms with van der Waals surface area (Å²) in [6.45, 7) is 4.21. The van der Waals surface area contributed by atoms with Gasteiger partial charge in [-0.15, -0.1) is 0 Å². The number of ether oxygens (including phenoxy) is 2. The van der Waals surface area contributed by atoms with E-state index in [4.69, 9.17) is 9.47 Å². The van der Waals surface area contributed by atoms with Gasteiger partial charge < -0.3 is 19.5 Å². The van der Waals surface area contributed by atoms with Crippen LogP contribution in [0.3, 0.4) is 0 Å². The van der Waals surface area contributed by atoms with Gasteiger partial charge in [0, 0.05) is 49.1 Å². The Morgan fingerprint density at radius 1 is 1.10 bits per heavy atom. The lowest BCUT2D eigenvalue weighted by Crippen LogP contribution is -2.55. The lowest BCUT2D eigenvalue weighted by atomic mass is 10.0. The molecular formula is C29H31F3N6O4. The van der Waals surface area contributed by atoms with Crippen LogP contribution in [0.15, 0.2) is 48.8 Å². The highest BCUT2D eigenvalue weighted by Crippen LogP contribution is 2.37. The normalized spacial score (nSPS) is 17.0. The maximum atomic E-state index is 14.3. The van der Waals surface area contributed by atoms with Crippen molar-refractivity contribution in [2.24, 2.45) is 0 Å². The highest BCUT2D eigenvalue weighted by Gasteiger charge is 2.39. The van der Waals surface area contributed by atoms with E-state index < -0.39 is 17.8 Å². The number of nitrogens with zero attached hydrogens (tertiary/aromatic N) is 6. The maximum absolute atomic E-state index is 14.3. The molecule has 42 heavy (non-hydrogen) atoms. The Bertz CT molecular complexity index is 1570. The van der Waals surface area contributed by atoms with Gasteiger partial charge in [-0.25, -0.2) is 14.5 Å². The van der Waals surface area contributed by atoms with E-state index in [0.29, 0.717) is 41.3 Å². The number of rotatable bonds is 7. The number of methoxy groups -OCH3 is 2. The van der Waals surface area contributed by atoms with Crippen LogP contribution in [-0.4, -0.2) is 86.9 Å². The number of aliphatic hydroxyl groups is 1. The lowest BCUT2D eigenvalue weighted by molar-refractivity contribution is -0.143. The van der Waals surface area contributed by atoms with Crippen LogP contribution in [0.1, 0.15) is 40.1 Å². The van der Waals surface area contributed by atoms with Crippen molar-refractivity contribution in [3.63, 3.8) is 0 Å². The first-order valence-corrected chi connectivity index (χ1v) is 13.3. The van der Waals surface area contributed by atoms with Gasteiger partial charge in [-0.2, -0.15) is 18.3 Å². The number of benzene rings is 1. The van der Waals surface area contributed by atoms with Crippen LogP contribution in [0, 0.1) is 6.92 Å². The predicted molar refractivity (Wildman–Crippen MR) is 147 cm³/mol. The fourth-order valence-electron chi connectivity index (χ4n) is 5.45. The fraction of sp³-hybridized carbons (Fsp3) is 0.379. The molecule has 4 heterocycles. The van der Waals surface area contributed by atoms with Gasteiger partial charge in [-0.05, 0) is 43.7 Å². The number of carbonyl (C=O) groups is 1. The van der Waals surface area contributed by atoms with Crippen LogP contribution >= 0.6 is 0 Å². The molecule has 0 aliphatic carbocycles. The monoisotopic (exact) mass is 584 g/mol. The standard InChI is InChI=1S/C29H31F3N6O4/c1-17-15-36(23(16-39)20-7-10-24(42-4)33-13-20)11-12-37(17)28(40)22-14-34-38-26(29(30,31)32)18(2)25(35-27(22)38)19-5-8-21(41-3)9-6-19/h5-10,13-14,17,23,39H,11-12,15-16H2,1-4H3/t17-,23+/m1/s1. The first-order chi connectivity index (χ1) is 20.1. The third-order valence-electron chi connectivity index (χ3n) is 7.63. The summed E-state index contributed by atoms with van der Waals surface area (Å²) in [5.41, 5.74) is 0.0685. The molecule has 0 saturated carbocycles. The average molecular weight is 585 g/mol. The molecule has 1 N–H and O–H groups in total. The van der Waals surface area contributed by atoms with Crippen molar-refractivity contribution in [2.75, 3.05) is 40.5 Å². The summed E-state index contributed by atoms with van der Waals surface area (Å²) in [6, 6.07) is 9.43. The second-order valence-electron chi connectivity index (χ2n) is 10.1. The number of aromatic nitrogens is 4. The first kappa shape index (κ1) is 29.3. The van der Waals surface area contributed by atoms with E-state index in [1.165, 1.54) is 21.1 Å². The molecule has 1 fully saturated rings. The molecule has 0 spiro atoms. The molecule has 222 valence electrons. The Hall–Kier alpha value is -4.23. The molecule has 3 aromatic heterocycles. The molecule has 1 aliphatic heterocycles. The zero-order valence-electron chi connectivity index (χ0n) is 23.6. The van der Waals surface area contributed by atoms with Crippen molar-refractivity contribution in [2.45, 2.75) is 32.1 Å². The van der Waals surface area contributed by atoms with Crippen molar-refractivity contribution in [1.82, 2.24) is 29.4 Å². The van der Waals surface area contributed by atoms with E-state index in [0.717, 1.165) is 11.8 Å². The molecule has 1 amide bonds. The Morgan fingerprint density at radius 2 is 1.83 bits per heavy atom. The third kappa shape index (κ3) is 5.37. The summed E-state index contributed by atoms with van der Waals surface area (Å²) in [7, 11) is 3.02. The number of halogens is 3. The number of aliphatic hydroxyl groups excluding tert-OH is 1. The summed E-state index contributed by atoms with van der Waals surface area (Å²) in [6.07, 6.45) is -1.95. The van der Waals surface area contributed by atoms with Crippen LogP contribution in [-0.2, 0) is 6.18 Å². The van der Waals surface area contributed by atoms with Crippen molar-refractivity contribution in [3.05, 3.63) is 71.2 Å². The molecule has 0 bridgehead atoms. The van der Waals surface area contributed by atoms with Gasteiger partial charge in [0.15, 0.2) is 11.3 Å². The molecule has 5 rings (SSSR count). The Balaban J connectivity index is 1.46. The number of carbonyl (C=O) groups excluding carboxylic acids is 1. The SMILES string of the molecule is COc1ccc(-c2nc3c(C(=O)N4CCN([C@@H](CO)c5ccc(OC)nc5)C[C@H]4C)cnn3c(C(F)(F)F)c2C)cc1. The second-order valence-corrected chi connectivity index (χ2v) is 10.1. The molecule has 4 aromatic rings. The van der Waals surface area contributed by atoms with Crippen LogP contribution in [0.4, 0.5) is 13.2 Å². The van der Waals surface area contributed by atoms with Gasteiger partial charge in [0.2, 0.25) is 5.88 Å². The van der Waals surface area contributed by atoms with E-state index in [1.807, 2.05) is 13.0 Å². The quantitative estimate of drug-likeness (QED) is 0.348. The highest BCUT2D eigenvalue weighted by molar-refractivity contribution is 6.00. The number of hydrogen-bond acceptors (Lipinski definition) is 8. The van der Waals surface area contributed by atoms with Crippen molar-refractivity contribution < 1.29 is 32.5 Å². The smallest absolute Gasteiger partial charge is 0.433 e. The Kier molecular flexibility index (Phi) is 8.06. The topological polar surface area (TPSA) is 105 Å². The molecule has 1 saturated heterocycles. The average Bonchev–Trinajstić information content (AvgIpc) is 3.40. The summed E-state index contributed by atoms with van der Waals surface area (Å²) < 4.78 is 53.9. The fourth-order valence-corrected chi connectivity index (χ4v) is 5.45. The van der Waals surface area contributed by atoms with Gasteiger partial charge >= 0.3 is 6.18 Å². The largest absolute Gasteiger partial charge is 0.497 e. The predicted octanol–water partition coefficient (Wildman–Crippen LogP) is 4.02. The van der Waals surface area contributed by atoms with Crippen molar-refractivity contribution >= 4 is 11.6 Å². The van der Waals surface area contributed by atoms with Gasteiger partial charge in [0.05, 0.1) is 38.8 Å². The molecule has 2 atom stereocenters. The third-order valence-corrected chi connectivity index (χ3v) is 7.63. The number of piperazine rings is 1. The summed E-state index contributed by atoms with van der Waals surface area (Å²) in [5, 5.41) is 14.1. The molecule has 1 aromatic carbocycles. The second kappa shape index (κ2) is 11.6. The van der Waals surface area contributed by atoms with Crippen LogP contribution in [0.5, 0.6) is 11.6 Å². The first-order valence-electron chi connectivity index (χ1n) is 13.3. The zero-order chi connectivity index (χ0) is 30.2. The summed E-state index contributed by atoms with van der Waals surface area (Å²) >= 11 is 0. The summed E-state index contributed by atoms with van der Waals surface area (Å²) in [5.74, 6) is 0.544. The molecule has 10 nitrogen and oxygen atoms in total. The van der Waals surface area contributed by atoms with E-state index in [1.54, 1.807) is 41.4 Å². The maximum Gasteiger partial charge on any atom is 0.433 e. The number of hydrogen-bond donors (Lipinski definition) is 1. The Morgan fingerprint density at radius 3 is 2.40 bits per heavy atom. The van der Waals surface area contributed by atoms with Gasteiger partial charge in [0.1, 0.15) is 11.3 Å². The van der Waals surface area contributed by atoms with Gasteiger partial charge in [-0.1, -0.05) is 6.07 Å². The molecule has 13 heteroatoms. The van der Waals surface area contributed by atoms with Gasteiger partial charge in [0.25, 0.3) is 5.91 Å². The molecular weight excluding hydrogens is 553 g/mol. The highest BCUT2D eigenvalue weighted by atomic mass is 19.4. The summed E-state index contributed by atoms with van der Waals surface area (Å²) in [4.78, 5) is 26.2. The van der Waals surface area contributed by atoms with E-state index in [2.05, 4.69) is 20.0 Å². The minimum absolute atomic E-state index is 0.0198. The molecule has 0 unspecified atom stereocenters. The van der Waals surface area contributed by atoms with Crippen molar-refractivity contribution in [3.8, 4) is 22.9 Å². The molecule has 0 radical (unpaired) electrons. The van der Waals surface area contributed by atoms with Gasteiger partial charge in [-0.3, -0.25) is 9.69 Å². The number of pyridine rings is 1. The lowest BCUT2D eigenvalue weighted by Gasteiger charge is -2.42. The zero-order valence-corrected chi connectivity index (χ0v) is 23.6. The van der Waals surface area contributed by atoms with Crippen LogP contribution in [0.2, 0.25) is 0 Å². The number of amides is 1. The van der Waals surface area contributed by atoms with E-state index in [9.17, 15) is 23.1 Å². The molecule has 1 aliphatic rings. The van der Waals surface area contributed by atoms with E-state index in [-0.39, 0.29) is 41.2 Å². The van der Waals surface area contributed by atoms with Crippen LogP contribution < -0.4 is 9.47 Å². The Labute approximate surface area is 240 Å². The number of fused-ring (bicyclic) bond motifs is 1. The van der Waals surface area contributed by atoms with Crippen molar-refractivity contribution in [1.29, 1.82) is 0 Å². The minimum atomic E-state index is -4.74. The van der Waals surface area contributed by atoms with E-state index >= 15 is 0 Å². The minimum Gasteiger partial charge on any atom is -0.497 e. The van der Waals surface area contributed by atoms with Crippen LogP contribution in [0.25, 0.3) is 16.9 Å².